The van der Waals surface area contributed by atoms with Crippen LogP contribution in [0.3, 0.4) is 0 Å². The molecule has 7 heteroatoms. The highest BCUT2D eigenvalue weighted by atomic mass is 32.2. The smallest absolute Gasteiger partial charge is 0.282 e. The van der Waals surface area contributed by atoms with Gasteiger partial charge in [0, 0.05) is 4.90 Å². The molecule has 0 radical (unpaired) electrons. The van der Waals surface area contributed by atoms with Gasteiger partial charge in [-0.3, -0.25) is 14.7 Å². The molecule has 120 valence electrons. The van der Waals surface area contributed by atoms with E-state index in [-0.39, 0.29) is 17.7 Å². The van der Waals surface area contributed by atoms with Crippen molar-refractivity contribution in [2.24, 2.45) is 10.7 Å². The van der Waals surface area contributed by atoms with Crippen LogP contribution in [0.2, 0.25) is 0 Å². The van der Waals surface area contributed by atoms with Gasteiger partial charge >= 0.3 is 0 Å². The van der Waals surface area contributed by atoms with Crippen molar-refractivity contribution < 1.29 is 0 Å². The summed E-state index contributed by atoms with van der Waals surface area (Å²) in [7, 11) is 0. The first-order valence-corrected chi connectivity index (χ1v) is 8.65. The summed E-state index contributed by atoms with van der Waals surface area (Å²) in [4.78, 5) is 22.1. The molecule has 0 bridgehead atoms. The highest BCUT2D eigenvalue weighted by molar-refractivity contribution is 7.98. The molecule has 1 aromatic heterocycles. The van der Waals surface area contributed by atoms with Crippen LogP contribution in [0.5, 0.6) is 0 Å². The number of para-hydroxylation sites is 1. The van der Waals surface area contributed by atoms with Crippen molar-refractivity contribution in [3.8, 4) is 0 Å². The molecule has 6 nitrogen and oxygen atoms in total. The van der Waals surface area contributed by atoms with Gasteiger partial charge in [0.15, 0.2) is 12.1 Å². The summed E-state index contributed by atoms with van der Waals surface area (Å²) in [5.41, 5.74) is 7.38. The molecule has 1 aliphatic rings. The quantitative estimate of drug-likeness (QED) is 0.702. The van der Waals surface area contributed by atoms with Gasteiger partial charge in [-0.2, -0.15) is 4.98 Å². The van der Waals surface area contributed by atoms with Gasteiger partial charge in [0.25, 0.3) is 5.56 Å². The fourth-order valence-corrected chi connectivity index (χ4v) is 3.27. The van der Waals surface area contributed by atoms with Crippen LogP contribution in [0.1, 0.15) is 11.7 Å². The minimum atomic E-state index is -0.366. The number of anilines is 1. The van der Waals surface area contributed by atoms with Crippen molar-refractivity contribution in [1.82, 2.24) is 9.55 Å². The Kier molecular flexibility index (Phi) is 3.50. The van der Waals surface area contributed by atoms with E-state index < -0.39 is 0 Å². The van der Waals surface area contributed by atoms with E-state index in [1.807, 2.05) is 53.3 Å². The number of benzene rings is 2. The summed E-state index contributed by atoms with van der Waals surface area (Å²) >= 11 is 1.68. The minimum Gasteiger partial charge on any atom is -0.370 e. The predicted molar refractivity (Wildman–Crippen MR) is 97.6 cm³/mol. The van der Waals surface area contributed by atoms with Crippen molar-refractivity contribution in [2.75, 3.05) is 11.6 Å². The molecule has 0 fully saturated rings. The Bertz CT molecular complexity index is 1010. The molecule has 3 aromatic rings. The van der Waals surface area contributed by atoms with E-state index in [0.29, 0.717) is 11.3 Å². The number of aliphatic imine (C=N–C) groups is 1. The molecule has 0 saturated carbocycles. The molecule has 4 rings (SSSR count). The van der Waals surface area contributed by atoms with Gasteiger partial charge in [-0.05, 0) is 36.1 Å². The topological polar surface area (TPSA) is 85.3 Å². The number of aromatic nitrogens is 2. The zero-order valence-corrected chi connectivity index (χ0v) is 13.7. The average Bonchev–Trinajstić information content (AvgIpc) is 2.61. The molecular weight excluding hydrogens is 322 g/mol. The lowest BCUT2D eigenvalue weighted by Gasteiger charge is -2.27. The van der Waals surface area contributed by atoms with Crippen LogP contribution in [-0.2, 0) is 0 Å². The summed E-state index contributed by atoms with van der Waals surface area (Å²) < 4.78 is 1.90. The van der Waals surface area contributed by atoms with Crippen molar-refractivity contribution in [3.05, 3.63) is 64.4 Å². The second-order valence-corrected chi connectivity index (χ2v) is 6.29. The van der Waals surface area contributed by atoms with E-state index in [1.165, 1.54) is 4.90 Å². The Morgan fingerprint density at radius 2 is 1.92 bits per heavy atom. The lowest BCUT2D eigenvalue weighted by molar-refractivity contribution is 0.615. The molecule has 0 saturated heterocycles. The molecular formula is C17H15N5OS. The lowest BCUT2D eigenvalue weighted by atomic mass is 10.1. The van der Waals surface area contributed by atoms with Gasteiger partial charge in [0.1, 0.15) is 0 Å². The number of nitrogens with zero attached hydrogens (tertiary/aromatic N) is 3. The molecule has 1 unspecified atom stereocenters. The first-order valence-electron chi connectivity index (χ1n) is 7.43. The molecule has 2 aromatic carbocycles. The first kappa shape index (κ1) is 14.8. The van der Waals surface area contributed by atoms with Gasteiger partial charge in [0.2, 0.25) is 5.95 Å². The summed E-state index contributed by atoms with van der Waals surface area (Å²) in [6.45, 7) is 0. The zero-order valence-electron chi connectivity index (χ0n) is 12.9. The van der Waals surface area contributed by atoms with Crippen molar-refractivity contribution in [3.63, 3.8) is 0 Å². The minimum absolute atomic E-state index is 0.246. The maximum atomic E-state index is 12.2. The SMILES string of the molecule is CSc1ccc(C2N=C(N)Nc3nc(=O)c4ccccc4n32)cc1. The van der Waals surface area contributed by atoms with Crippen molar-refractivity contribution in [2.45, 2.75) is 11.1 Å². The number of guanidine groups is 1. The van der Waals surface area contributed by atoms with Crippen LogP contribution in [0.15, 0.2) is 63.2 Å². The van der Waals surface area contributed by atoms with Crippen molar-refractivity contribution in [1.29, 1.82) is 0 Å². The third-order valence-electron chi connectivity index (χ3n) is 3.99. The van der Waals surface area contributed by atoms with Gasteiger partial charge in [-0.25, -0.2) is 4.99 Å². The molecule has 2 heterocycles. The second-order valence-electron chi connectivity index (χ2n) is 5.41. The normalized spacial score (nSPS) is 16.4. The molecule has 1 aliphatic heterocycles. The number of thioether (sulfide) groups is 1. The summed E-state index contributed by atoms with van der Waals surface area (Å²) in [5.74, 6) is 0.654. The molecule has 0 aliphatic carbocycles. The molecule has 3 N–H and O–H groups in total. The number of fused-ring (bicyclic) bond motifs is 3. The Balaban J connectivity index is 1.97. The molecule has 0 spiro atoms. The Morgan fingerprint density at radius 1 is 1.17 bits per heavy atom. The van der Waals surface area contributed by atoms with E-state index >= 15 is 0 Å². The zero-order chi connectivity index (χ0) is 16.7. The number of hydrogen-bond donors (Lipinski definition) is 2. The number of rotatable bonds is 2. The largest absolute Gasteiger partial charge is 0.370 e. The van der Waals surface area contributed by atoms with E-state index in [9.17, 15) is 4.79 Å². The fraction of sp³-hybridized carbons (Fsp3) is 0.118. The number of hydrogen-bond acceptors (Lipinski definition) is 6. The Morgan fingerprint density at radius 3 is 2.67 bits per heavy atom. The van der Waals surface area contributed by atoms with Crippen LogP contribution >= 0.6 is 11.8 Å². The van der Waals surface area contributed by atoms with Gasteiger partial charge in [-0.15, -0.1) is 11.8 Å². The standard InChI is InChI=1S/C17H15N5OS/c1-24-11-8-6-10(7-9-11)14-19-16(18)21-17-20-15(23)12-4-2-3-5-13(12)22(14)17/h2-9,14H,1H3,(H3,18,19,20,21,23). The highest BCUT2D eigenvalue weighted by Crippen LogP contribution is 2.30. The molecule has 1 atom stereocenters. The first-order chi connectivity index (χ1) is 11.7. The van der Waals surface area contributed by atoms with Gasteiger partial charge < -0.3 is 5.73 Å². The van der Waals surface area contributed by atoms with Crippen molar-refractivity contribution >= 4 is 34.6 Å². The summed E-state index contributed by atoms with van der Waals surface area (Å²) in [5, 5.41) is 3.45. The van der Waals surface area contributed by atoms with E-state index in [1.54, 1.807) is 17.8 Å². The van der Waals surface area contributed by atoms with E-state index in [2.05, 4.69) is 15.3 Å². The van der Waals surface area contributed by atoms with Crippen LogP contribution in [-0.4, -0.2) is 21.8 Å². The van der Waals surface area contributed by atoms with Crippen LogP contribution < -0.4 is 16.6 Å². The van der Waals surface area contributed by atoms with Crippen LogP contribution in [0, 0.1) is 0 Å². The van der Waals surface area contributed by atoms with Gasteiger partial charge in [0.05, 0.1) is 10.9 Å². The van der Waals surface area contributed by atoms with Crippen LogP contribution in [0.25, 0.3) is 10.9 Å². The Labute approximate surface area is 142 Å². The van der Waals surface area contributed by atoms with Gasteiger partial charge in [-0.1, -0.05) is 24.3 Å². The Hall–Kier alpha value is -2.80. The molecule has 24 heavy (non-hydrogen) atoms. The summed E-state index contributed by atoms with van der Waals surface area (Å²) in [6, 6.07) is 15.5. The van der Waals surface area contributed by atoms with E-state index in [4.69, 9.17) is 5.73 Å². The maximum absolute atomic E-state index is 12.2. The van der Waals surface area contributed by atoms with E-state index in [0.717, 1.165) is 11.1 Å². The highest BCUT2D eigenvalue weighted by Gasteiger charge is 2.24. The summed E-state index contributed by atoms with van der Waals surface area (Å²) in [6.07, 6.45) is 1.67. The fourth-order valence-electron chi connectivity index (χ4n) is 2.86. The van der Waals surface area contributed by atoms with Crippen LogP contribution in [0.4, 0.5) is 5.95 Å². The molecule has 0 amide bonds. The third-order valence-corrected chi connectivity index (χ3v) is 4.73. The maximum Gasteiger partial charge on any atom is 0.282 e. The number of nitrogens with two attached hydrogens (primary N) is 1. The average molecular weight is 337 g/mol. The number of nitrogens with one attached hydrogen (secondary N) is 1. The second kappa shape index (κ2) is 5.68. The third kappa shape index (κ3) is 2.33. The monoisotopic (exact) mass is 337 g/mol. The lowest BCUT2D eigenvalue weighted by Crippen LogP contribution is -2.34. The predicted octanol–water partition coefficient (Wildman–Crippen LogP) is 2.41.